The first-order chi connectivity index (χ1) is 9.81. The van der Waals surface area contributed by atoms with Gasteiger partial charge in [0, 0.05) is 40.4 Å². The lowest BCUT2D eigenvalue weighted by molar-refractivity contribution is 0.0621. The van der Waals surface area contributed by atoms with E-state index in [1.807, 2.05) is 11.4 Å². The number of aromatic nitrogens is 1. The Hall–Kier alpha value is -1.46. The first-order valence-electron chi connectivity index (χ1n) is 7.16. The molecule has 1 N–H and O–H groups in total. The molecule has 2 aromatic rings. The minimum Gasteiger partial charge on any atom is -0.348 e. The number of nitrogens with zero attached hydrogens (tertiary/aromatic N) is 2. The van der Waals surface area contributed by atoms with Crippen LogP contribution in [0, 0.1) is 5.92 Å². The van der Waals surface area contributed by atoms with Gasteiger partial charge in [-0.25, -0.2) is 0 Å². The summed E-state index contributed by atoms with van der Waals surface area (Å²) in [5.41, 5.74) is 0.773. The standard InChI is InChI=1S/C15H17N3OS/c19-15(12-9-20-14-1-4-16-7-11(12)14)17-13-8-18-5-2-10(13)3-6-18/h1,4,7,9-10,13H,2-3,5-6,8H2,(H,17,19). The predicted molar refractivity (Wildman–Crippen MR) is 80.0 cm³/mol. The fraction of sp³-hybridized carbons (Fsp3) is 0.467. The Balaban J connectivity index is 1.56. The summed E-state index contributed by atoms with van der Waals surface area (Å²) in [5, 5.41) is 6.16. The van der Waals surface area contributed by atoms with Crippen LogP contribution < -0.4 is 5.32 Å². The number of nitrogens with one attached hydrogen (secondary N) is 1. The maximum absolute atomic E-state index is 12.5. The van der Waals surface area contributed by atoms with Crippen molar-refractivity contribution in [2.75, 3.05) is 19.6 Å². The summed E-state index contributed by atoms with van der Waals surface area (Å²) in [6, 6.07) is 2.28. The summed E-state index contributed by atoms with van der Waals surface area (Å²) in [7, 11) is 0. The van der Waals surface area contributed by atoms with Crippen molar-refractivity contribution < 1.29 is 4.79 Å². The van der Waals surface area contributed by atoms with E-state index in [2.05, 4.69) is 15.2 Å². The van der Waals surface area contributed by atoms with Gasteiger partial charge < -0.3 is 10.2 Å². The molecule has 3 fully saturated rings. The molecule has 2 bridgehead atoms. The van der Waals surface area contributed by atoms with Gasteiger partial charge >= 0.3 is 0 Å². The van der Waals surface area contributed by atoms with E-state index in [1.165, 1.54) is 25.9 Å². The third-order valence-corrected chi connectivity index (χ3v) is 5.56. The predicted octanol–water partition coefficient (Wildman–Crippen LogP) is 2.12. The van der Waals surface area contributed by atoms with Crippen molar-refractivity contribution in [1.29, 1.82) is 0 Å². The Morgan fingerprint density at radius 1 is 1.40 bits per heavy atom. The van der Waals surface area contributed by atoms with E-state index < -0.39 is 0 Å². The number of amides is 1. The highest BCUT2D eigenvalue weighted by molar-refractivity contribution is 7.17. The van der Waals surface area contributed by atoms with E-state index in [1.54, 1.807) is 23.7 Å². The van der Waals surface area contributed by atoms with Gasteiger partial charge in [0.2, 0.25) is 0 Å². The molecular weight excluding hydrogens is 270 g/mol. The Morgan fingerprint density at radius 3 is 3.00 bits per heavy atom. The molecule has 3 saturated heterocycles. The van der Waals surface area contributed by atoms with Gasteiger partial charge in [0.1, 0.15) is 0 Å². The Labute approximate surface area is 121 Å². The Morgan fingerprint density at radius 2 is 2.25 bits per heavy atom. The van der Waals surface area contributed by atoms with Crippen molar-refractivity contribution in [1.82, 2.24) is 15.2 Å². The Kier molecular flexibility index (Phi) is 2.97. The van der Waals surface area contributed by atoms with Crippen LogP contribution in [0.15, 0.2) is 23.8 Å². The zero-order chi connectivity index (χ0) is 13.5. The second-order valence-corrected chi connectivity index (χ2v) is 6.65. The highest BCUT2D eigenvalue weighted by atomic mass is 32.1. The zero-order valence-corrected chi connectivity index (χ0v) is 12.0. The van der Waals surface area contributed by atoms with Crippen molar-refractivity contribution >= 4 is 27.3 Å². The normalized spacial score (nSPS) is 28.7. The van der Waals surface area contributed by atoms with Gasteiger partial charge in [-0.05, 0) is 37.9 Å². The Bertz CT molecular complexity index is 645. The molecule has 5 heterocycles. The van der Waals surface area contributed by atoms with Crippen molar-refractivity contribution in [3.63, 3.8) is 0 Å². The van der Waals surface area contributed by atoms with E-state index in [4.69, 9.17) is 0 Å². The summed E-state index contributed by atoms with van der Waals surface area (Å²) < 4.78 is 1.12. The fourth-order valence-corrected chi connectivity index (χ4v) is 4.33. The summed E-state index contributed by atoms with van der Waals surface area (Å²) >= 11 is 1.61. The molecule has 5 heteroatoms. The summed E-state index contributed by atoms with van der Waals surface area (Å²) in [6.07, 6.45) is 6.00. The van der Waals surface area contributed by atoms with E-state index in [0.717, 1.165) is 22.2 Å². The van der Waals surface area contributed by atoms with E-state index in [9.17, 15) is 4.79 Å². The van der Waals surface area contributed by atoms with E-state index in [0.29, 0.717) is 12.0 Å². The summed E-state index contributed by atoms with van der Waals surface area (Å²) in [4.78, 5) is 19.1. The third-order valence-electron chi connectivity index (χ3n) is 4.59. The molecule has 3 aliphatic heterocycles. The van der Waals surface area contributed by atoms with Gasteiger partial charge in [-0.15, -0.1) is 11.3 Å². The van der Waals surface area contributed by atoms with E-state index >= 15 is 0 Å². The molecule has 0 radical (unpaired) electrons. The lowest BCUT2D eigenvalue weighted by Gasteiger charge is -2.44. The number of carbonyl (C=O) groups excluding carboxylic acids is 1. The number of thiophene rings is 1. The van der Waals surface area contributed by atoms with E-state index in [-0.39, 0.29) is 5.91 Å². The average Bonchev–Trinajstić information content (AvgIpc) is 2.92. The lowest BCUT2D eigenvalue weighted by atomic mass is 9.84. The molecule has 104 valence electrons. The smallest absolute Gasteiger partial charge is 0.253 e. The van der Waals surface area contributed by atoms with Gasteiger partial charge in [0.15, 0.2) is 0 Å². The second kappa shape index (κ2) is 4.82. The average molecular weight is 287 g/mol. The topological polar surface area (TPSA) is 45.2 Å². The minimum atomic E-state index is 0.0583. The van der Waals surface area contributed by atoms with Crippen LogP contribution in [0.4, 0.5) is 0 Å². The first kappa shape index (κ1) is 12.3. The molecule has 20 heavy (non-hydrogen) atoms. The van der Waals surface area contributed by atoms with Crippen molar-refractivity contribution in [2.24, 2.45) is 5.92 Å². The van der Waals surface area contributed by atoms with Crippen LogP contribution in [0.3, 0.4) is 0 Å². The van der Waals surface area contributed by atoms with Crippen LogP contribution in [0.5, 0.6) is 0 Å². The number of hydrogen-bond donors (Lipinski definition) is 1. The van der Waals surface area contributed by atoms with Crippen LogP contribution in [0.2, 0.25) is 0 Å². The number of carbonyl (C=O) groups is 1. The lowest BCUT2D eigenvalue weighted by Crippen LogP contribution is -2.57. The largest absolute Gasteiger partial charge is 0.348 e. The van der Waals surface area contributed by atoms with Gasteiger partial charge in [-0.2, -0.15) is 0 Å². The van der Waals surface area contributed by atoms with Gasteiger partial charge in [0.05, 0.1) is 5.56 Å². The van der Waals surface area contributed by atoms with Crippen molar-refractivity contribution in [2.45, 2.75) is 18.9 Å². The number of piperidine rings is 3. The van der Waals surface area contributed by atoms with Crippen molar-refractivity contribution in [3.8, 4) is 0 Å². The molecule has 3 aliphatic rings. The molecule has 1 atom stereocenters. The molecule has 1 unspecified atom stereocenters. The number of fused-ring (bicyclic) bond motifs is 4. The number of rotatable bonds is 2. The first-order valence-corrected chi connectivity index (χ1v) is 8.03. The number of pyridine rings is 1. The van der Waals surface area contributed by atoms with Gasteiger partial charge in [-0.3, -0.25) is 9.78 Å². The molecule has 2 aromatic heterocycles. The molecule has 5 rings (SSSR count). The number of hydrogen-bond acceptors (Lipinski definition) is 4. The van der Waals surface area contributed by atoms with Gasteiger partial charge in [0.25, 0.3) is 5.91 Å². The molecule has 0 aliphatic carbocycles. The summed E-state index contributed by atoms with van der Waals surface area (Å²) in [5.74, 6) is 0.718. The van der Waals surface area contributed by atoms with Crippen LogP contribution in [-0.4, -0.2) is 41.5 Å². The molecule has 0 spiro atoms. The van der Waals surface area contributed by atoms with Crippen LogP contribution in [0.25, 0.3) is 10.1 Å². The minimum absolute atomic E-state index is 0.0583. The zero-order valence-electron chi connectivity index (χ0n) is 11.2. The van der Waals surface area contributed by atoms with Crippen LogP contribution in [0.1, 0.15) is 23.2 Å². The molecule has 0 saturated carbocycles. The molecule has 1 amide bonds. The second-order valence-electron chi connectivity index (χ2n) is 5.74. The fourth-order valence-electron chi connectivity index (χ4n) is 3.42. The molecule has 0 aromatic carbocycles. The van der Waals surface area contributed by atoms with Gasteiger partial charge in [-0.1, -0.05) is 0 Å². The quantitative estimate of drug-likeness (QED) is 0.920. The van der Waals surface area contributed by atoms with Crippen LogP contribution in [-0.2, 0) is 0 Å². The van der Waals surface area contributed by atoms with Crippen LogP contribution >= 0.6 is 11.3 Å². The van der Waals surface area contributed by atoms with Crippen molar-refractivity contribution in [3.05, 3.63) is 29.4 Å². The molecule has 4 nitrogen and oxygen atoms in total. The monoisotopic (exact) mass is 287 g/mol. The maximum atomic E-state index is 12.5. The maximum Gasteiger partial charge on any atom is 0.253 e. The highest BCUT2D eigenvalue weighted by Crippen LogP contribution is 2.29. The molecular formula is C15H17N3OS. The summed E-state index contributed by atoms with van der Waals surface area (Å²) in [6.45, 7) is 3.40. The SMILES string of the molecule is O=C(NC1CN2CCC1CC2)c1csc2ccncc12. The third kappa shape index (κ3) is 2.01. The highest BCUT2D eigenvalue weighted by Gasteiger charge is 2.35.